The molecule has 0 aliphatic rings. The fourth-order valence-corrected chi connectivity index (χ4v) is 2.39. The summed E-state index contributed by atoms with van der Waals surface area (Å²) in [6.07, 6.45) is 0. The van der Waals surface area contributed by atoms with Crippen LogP contribution in [0.4, 0.5) is 17.6 Å². The molecule has 0 unspecified atom stereocenters. The van der Waals surface area contributed by atoms with Gasteiger partial charge in [-0.2, -0.15) is 4.39 Å². The maximum atomic E-state index is 13.9. The Bertz CT molecular complexity index is 754. The van der Waals surface area contributed by atoms with Crippen molar-refractivity contribution in [1.29, 1.82) is 0 Å². The Balaban J connectivity index is 3.78. The summed E-state index contributed by atoms with van der Waals surface area (Å²) < 4.78 is 83.7. The maximum Gasteiger partial charge on any atom is 0.316 e. The molecule has 0 heterocycles. The summed E-state index contributed by atoms with van der Waals surface area (Å²) >= 11 is 0. The van der Waals surface area contributed by atoms with Gasteiger partial charge in [-0.3, -0.25) is 4.79 Å². The number of hydrogen-bond acceptors (Lipinski definition) is 4. The summed E-state index contributed by atoms with van der Waals surface area (Å²) in [4.78, 5) is 10.2. The molecule has 0 aliphatic heterocycles. The van der Waals surface area contributed by atoms with Gasteiger partial charge in [0.25, 0.3) is 0 Å². The Kier molecular flexibility index (Phi) is 5.12. The Hall–Kier alpha value is -1.68. The van der Waals surface area contributed by atoms with E-state index in [4.69, 9.17) is 0 Å². The SMILES string of the molecule is CN(C)S(=O)(=O)c1c(F)c(F)c(F)c(F)c1OC(=O)C(C)(C)C. The van der Waals surface area contributed by atoms with E-state index in [1.165, 1.54) is 20.8 Å². The Labute approximate surface area is 130 Å². The molecule has 23 heavy (non-hydrogen) atoms. The molecule has 0 bridgehead atoms. The van der Waals surface area contributed by atoms with Crippen molar-refractivity contribution >= 4 is 16.0 Å². The third-order valence-electron chi connectivity index (χ3n) is 2.73. The Morgan fingerprint density at radius 2 is 1.39 bits per heavy atom. The number of esters is 1. The quantitative estimate of drug-likeness (QED) is 0.274. The molecule has 0 radical (unpaired) electrons. The van der Waals surface area contributed by atoms with Crippen LogP contribution in [0.2, 0.25) is 0 Å². The number of halogens is 4. The van der Waals surface area contributed by atoms with Crippen molar-refractivity contribution in [3.8, 4) is 5.75 Å². The molecular weight excluding hydrogens is 342 g/mol. The minimum atomic E-state index is -4.76. The minimum absolute atomic E-state index is 0.441. The van der Waals surface area contributed by atoms with Gasteiger partial charge in [0.15, 0.2) is 22.3 Å². The third-order valence-corrected chi connectivity index (χ3v) is 4.57. The van der Waals surface area contributed by atoms with Crippen LogP contribution in [-0.2, 0) is 14.8 Å². The van der Waals surface area contributed by atoms with Gasteiger partial charge in [0, 0.05) is 14.1 Å². The summed E-state index contributed by atoms with van der Waals surface area (Å²) in [5, 5.41) is 0. The van der Waals surface area contributed by atoms with Crippen LogP contribution in [0, 0.1) is 28.7 Å². The van der Waals surface area contributed by atoms with Gasteiger partial charge in [-0.15, -0.1) is 0 Å². The van der Waals surface area contributed by atoms with Crippen molar-refractivity contribution in [2.24, 2.45) is 5.41 Å². The fourth-order valence-electron chi connectivity index (χ4n) is 1.34. The van der Waals surface area contributed by atoms with E-state index in [-0.39, 0.29) is 0 Å². The average molecular weight is 357 g/mol. The highest BCUT2D eigenvalue weighted by Gasteiger charge is 2.37. The first-order valence-corrected chi connectivity index (χ1v) is 7.67. The average Bonchev–Trinajstić information content (AvgIpc) is 2.40. The summed E-state index contributed by atoms with van der Waals surface area (Å²) in [6.45, 7) is 4.05. The lowest BCUT2D eigenvalue weighted by atomic mass is 9.97. The van der Waals surface area contributed by atoms with Crippen molar-refractivity contribution in [1.82, 2.24) is 4.31 Å². The third kappa shape index (κ3) is 3.47. The van der Waals surface area contributed by atoms with Crippen molar-refractivity contribution in [3.63, 3.8) is 0 Å². The molecule has 0 aliphatic carbocycles. The number of benzene rings is 1. The van der Waals surface area contributed by atoms with Crippen LogP contribution in [0.5, 0.6) is 5.75 Å². The highest BCUT2D eigenvalue weighted by atomic mass is 32.2. The molecule has 130 valence electrons. The van der Waals surface area contributed by atoms with Crippen LogP contribution >= 0.6 is 0 Å². The van der Waals surface area contributed by atoms with E-state index in [0.717, 1.165) is 14.1 Å². The number of ether oxygens (including phenoxy) is 1. The second-order valence-electron chi connectivity index (χ2n) is 5.84. The molecule has 0 atom stereocenters. The molecule has 1 rings (SSSR count). The van der Waals surface area contributed by atoms with Crippen molar-refractivity contribution in [2.45, 2.75) is 25.7 Å². The molecule has 1 aromatic rings. The van der Waals surface area contributed by atoms with Gasteiger partial charge in [-0.25, -0.2) is 25.9 Å². The van der Waals surface area contributed by atoms with E-state index in [9.17, 15) is 30.8 Å². The van der Waals surface area contributed by atoms with Crippen LogP contribution in [0.3, 0.4) is 0 Å². The van der Waals surface area contributed by atoms with Crippen LogP contribution in [0.25, 0.3) is 0 Å². The van der Waals surface area contributed by atoms with Gasteiger partial charge in [0.2, 0.25) is 21.7 Å². The number of hydrogen-bond donors (Lipinski definition) is 0. The molecular formula is C13H15F4NO4S. The van der Waals surface area contributed by atoms with E-state index in [1.54, 1.807) is 0 Å². The first-order valence-electron chi connectivity index (χ1n) is 6.23. The number of nitrogens with zero attached hydrogens (tertiary/aromatic N) is 1. The molecule has 10 heteroatoms. The van der Waals surface area contributed by atoms with Gasteiger partial charge in [0.05, 0.1) is 5.41 Å². The highest BCUT2D eigenvalue weighted by Crippen LogP contribution is 2.36. The monoisotopic (exact) mass is 357 g/mol. The smallest absolute Gasteiger partial charge is 0.316 e. The van der Waals surface area contributed by atoms with Crippen LogP contribution in [0.15, 0.2) is 4.90 Å². The zero-order chi connectivity index (χ0) is 18.3. The van der Waals surface area contributed by atoms with Gasteiger partial charge < -0.3 is 4.74 Å². The molecule has 0 amide bonds. The van der Waals surface area contributed by atoms with Gasteiger partial charge >= 0.3 is 5.97 Å². The van der Waals surface area contributed by atoms with Gasteiger partial charge in [-0.05, 0) is 20.8 Å². The summed E-state index contributed by atoms with van der Waals surface area (Å²) in [5.74, 6) is -11.6. The summed E-state index contributed by atoms with van der Waals surface area (Å²) in [7, 11) is -2.83. The lowest BCUT2D eigenvalue weighted by Crippen LogP contribution is -2.29. The minimum Gasteiger partial charge on any atom is -0.421 e. The topological polar surface area (TPSA) is 63.7 Å². The van der Waals surface area contributed by atoms with E-state index >= 15 is 0 Å². The lowest BCUT2D eigenvalue weighted by molar-refractivity contribution is -0.143. The number of carbonyl (C=O) groups excluding carboxylic acids is 1. The van der Waals surface area contributed by atoms with Crippen molar-refractivity contribution in [2.75, 3.05) is 14.1 Å². The fraction of sp³-hybridized carbons (Fsp3) is 0.462. The van der Waals surface area contributed by atoms with Gasteiger partial charge in [0.1, 0.15) is 0 Å². The second kappa shape index (κ2) is 6.08. The van der Waals surface area contributed by atoms with E-state index in [2.05, 4.69) is 4.74 Å². The zero-order valence-electron chi connectivity index (χ0n) is 13.0. The Morgan fingerprint density at radius 3 is 1.78 bits per heavy atom. The van der Waals surface area contributed by atoms with Gasteiger partial charge in [-0.1, -0.05) is 0 Å². The van der Waals surface area contributed by atoms with Crippen LogP contribution in [-0.4, -0.2) is 32.8 Å². The van der Waals surface area contributed by atoms with Crippen molar-refractivity contribution in [3.05, 3.63) is 23.3 Å². The number of carbonyl (C=O) groups is 1. The van der Waals surface area contributed by atoms with E-state index < -0.39 is 55.3 Å². The normalized spacial score (nSPS) is 12.6. The summed E-state index contributed by atoms with van der Waals surface area (Å²) in [5.41, 5.74) is -1.23. The lowest BCUT2D eigenvalue weighted by Gasteiger charge is -2.20. The largest absolute Gasteiger partial charge is 0.421 e. The van der Waals surface area contributed by atoms with E-state index in [0.29, 0.717) is 4.31 Å². The molecule has 0 saturated heterocycles. The Morgan fingerprint density at radius 1 is 0.957 bits per heavy atom. The standard InChI is InChI=1S/C13H15F4NO4S/c1-13(2,3)12(19)22-10-8(16)6(14)7(15)9(17)11(10)23(20,21)18(4)5/h1-5H3. The first-order chi connectivity index (χ1) is 10.2. The molecule has 0 aromatic heterocycles. The number of rotatable bonds is 3. The molecule has 0 saturated carbocycles. The highest BCUT2D eigenvalue weighted by molar-refractivity contribution is 7.89. The predicted molar refractivity (Wildman–Crippen MR) is 72.2 cm³/mol. The number of sulfonamides is 1. The molecule has 5 nitrogen and oxygen atoms in total. The molecule has 0 fully saturated rings. The van der Waals surface area contributed by atoms with Crippen molar-refractivity contribution < 1.29 is 35.5 Å². The molecule has 0 spiro atoms. The van der Waals surface area contributed by atoms with Crippen LogP contribution < -0.4 is 4.74 Å². The summed E-state index contributed by atoms with van der Waals surface area (Å²) in [6, 6.07) is 0. The predicted octanol–water partition coefficient (Wildman–Crippen LogP) is 2.44. The van der Waals surface area contributed by atoms with Crippen LogP contribution in [0.1, 0.15) is 20.8 Å². The van der Waals surface area contributed by atoms with E-state index in [1.807, 2.05) is 0 Å². The maximum absolute atomic E-state index is 13.9. The first kappa shape index (κ1) is 19.4. The molecule has 1 aromatic carbocycles. The zero-order valence-corrected chi connectivity index (χ0v) is 13.8. The second-order valence-corrected chi connectivity index (χ2v) is 7.93. The molecule has 0 N–H and O–H groups in total.